The number of benzene rings is 1. The summed E-state index contributed by atoms with van der Waals surface area (Å²) in [5.41, 5.74) is -0.121. The summed E-state index contributed by atoms with van der Waals surface area (Å²) in [5, 5.41) is 19.5. The molecule has 1 N–H and O–H groups in total. The van der Waals surface area contributed by atoms with Gasteiger partial charge in [-0.15, -0.1) is 0 Å². The molecule has 0 radical (unpaired) electrons. The van der Waals surface area contributed by atoms with Crippen LogP contribution in [0.15, 0.2) is 18.2 Å². The maximum Gasteiger partial charge on any atom is 0.314 e. The normalized spacial score (nSPS) is 18.6. The number of para-hydroxylation sites is 1. The molecule has 1 aromatic rings. The molecular formula is C9H9NO5. The Morgan fingerprint density at radius 3 is 3.07 bits per heavy atom. The maximum absolute atomic E-state index is 10.6. The molecule has 15 heavy (non-hydrogen) atoms. The van der Waals surface area contributed by atoms with Crippen molar-refractivity contribution in [2.24, 2.45) is 0 Å². The molecule has 6 heteroatoms. The highest BCUT2D eigenvalue weighted by molar-refractivity contribution is 5.56. The Kier molecular flexibility index (Phi) is 2.42. The van der Waals surface area contributed by atoms with Crippen LogP contribution in [0.1, 0.15) is 0 Å². The molecule has 1 aromatic carbocycles. The van der Waals surface area contributed by atoms with Crippen molar-refractivity contribution >= 4 is 5.69 Å². The van der Waals surface area contributed by atoms with Crippen molar-refractivity contribution < 1.29 is 19.5 Å². The predicted octanol–water partition coefficient (Wildman–Crippen LogP) is 0.727. The number of nitro benzene ring substituents is 1. The van der Waals surface area contributed by atoms with E-state index >= 15 is 0 Å². The summed E-state index contributed by atoms with van der Waals surface area (Å²) < 4.78 is 10.5. The van der Waals surface area contributed by atoms with Crippen LogP contribution < -0.4 is 9.47 Å². The van der Waals surface area contributed by atoms with Gasteiger partial charge in [-0.1, -0.05) is 6.07 Å². The molecule has 1 atom stereocenters. The van der Waals surface area contributed by atoms with Crippen molar-refractivity contribution in [3.8, 4) is 11.5 Å². The summed E-state index contributed by atoms with van der Waals surface area (Å²) in [5.74, 6) is 0.432. The largest absolute Gasteiger partial charge is 0.480 e. The highest BCUT2D eigenvalue weighted by Crippen LogP contribution is 2.39. The van der Waals surface area contributed by atoms with Gasteiger partial charge >= 0.3 is 5.69 Å². The zero-order valence-electron chi connectivity index (χ0n) is 7.75. The summed E-state index contributed by atoms with van der Waals surface area (Å²) in [6.45, 7) is -0.0590. The highest BCUT2D eigenvalue weighted by atomic mass is 16.6. The molecule has 1 aliphatic rings. The predicted molar refractivity (Wildman–Crippen MR) is 50.1 cm³/mol. The third-order valence-electron chi connectivity index (χ3n) is 2.07. The first-order valence-corrected chi connectivity index (χ1v) is 4.40. The van der Waals surface area contributed by atoms with Crippen molar-refractivity contribution in [2.45, 2.75) is 6.10 Å². The molecule has 0 unspecified atom stereocenters. The standard InChI is InChI=1S/C9H9NO5/c11-4-6-5-14-9-7(10(12)13)2-1-3-8(9)15-6/h1-3,6,11H,4-5H2/t6-/m1/s1. The quantitative estimate of drug-likeness (QED) is 0.576. The minimum atomic E-state index is -0.526. The van der Waals surface area contributed by atoms with E-state index < -0.39 is 11.0 Å². The molecule has 6 nitrogen and oxygen atoms in total. The van der Waals surface area contributed by atoms with E-state index in [-0.39, 0.29) is 24.7 Å². The number of aliphatic hydroxyl groups is 1. The van der Waals surface area contributed by atoms with Gasteiger partial charge in [0.25, 0.3) is 0 Å². The van der Waals surface area contributed by atoms with Gasteiger partial charge in [0, 0.05) is 6.07 Å². The van der Waals surface area contributed by atoms with Gasteiger partial charge in [0.15, 0.2) is 11.9 Å². The van der Waals surface area contributed by atoms with Crippen molar-refractivity contribution in [3.05, 3.63) is 28.3 Å². The van der Waals surface area contributed by atoms with Crippen LogP contribution in [0.4, 0.5) is 5.69 Å². The average molecular weight is 211 g/mol. The lowest BCUT2D eigenvalue weighted by atomic mass is 10.2. The van der Waals surface area contributed by atoms with Gasteiger partial charge in [-0.25, -0.2) is 0 Å². The number of ether oxygens (including phenoxy) is 2. The Balaban J connectivity index is 2.37. The van der Waals surface area contributed by atoms with Crippen LogP contribution >= 0.6 is 0 Å². The fourth-order valence-electron chi connectivity index (χ4n) is 1.37. The highest BCUT2D eigenvalue weighted by Gasteiger charge is 2.27. The number of rotatable bonds is 2. The van der Waals surface area contributed by atoms with Crippen LogP contribution in [0.25, 0.3) is 0 Å². The molecule has 0 aliphatic carbocycles. The minimum absolute atomic E-state index is 0.119. The van der Waals surface area contributed by atoms with E-state index in [1.54, 1.807) is 6.07 Å². The molecule has 0 fully saturated rings. The van der Waals surface area contributed by atoms with Crippen LogP contribution in [0.3, 0.4) is 0 Å². The van der Waals surface area contributed by atoms with E-state index in [9.17, 15) is 10.1 Å². The Labute approximate surface area is 85.2 Å². The number of fused-ring (bicyclic) bond motifs is 1. The maximum atomic E-state index is 10.6. The van der Waals surface area contributed by atoms with Crippen molar-refractivity contribution in [3.63, 3.8) is 0 Å². The van der Waals surface area contributed by atoms with Gasteiger partial charge < -0.3 is 14.6 Å². The minimum Gasteiger partial charge on any atom is -0.480 e. The fourth-order valence-corrected chi connectivity index (χ4v) is 1.37. The third kappa shape index (κ3) is 1.71. The second-order valence-electron chi connectivity index (χ2n) is 3.09. The summed E-state index contributed by atoms with van der Waals surface area (Å²) in [7, 11) is 0. The molecule has 0 bridgehead atoms. The van der Waals surface area contributed by atoms with Gasteiger partial charge in [-0.3, -0.25) is 10.1 Å². The van der Waals surface area contributed by atoms with E-state index in [0.29, 0.717) is 5.75 Å². The van der Waals surface area contributed by atoms with E-state index in [1.807, 2.05) is 0 Å². The molecule has 0 amide bonds. The van der Waals surface area contributed by atoms with E-state index in [0.717, 1.165) is 0 Å². The number of hydrogen-bond donors (Lipinski definition) is 1. The van der Waals surface area contributed by atoms with Gasteiger partial charge in [-0.2, -0.15) is 0 Å². The van der Waals surface area contributed by atoms with Crippen LogP contribution in [0.5, 0.6) is 11.5 Å². The van der Waals surface area contributed by atoms with E-state index in [1.165, 1.54) is 12.1 Å². The Bertz CT molecular complexity index is 392. The zero-order chi connectivity index (χ0) is 10.8. The molecule has 1 heterocycles. The smallest absolute Gasteiger partial charge is 0.314 e. The van der Waals surface area contributed by atoms with E-state index in [4.69, 9.17) is 14.6 Å². The molecule has 1 aliphatic heterocycles. The first-order valence-electron chi connectivity index (χ1n) is 4.40. The van der Waals surface area contributed by atoms with Crippen LogP contribution in [-0.4, -0.2) is 29.3 Å². The Morgan fingerprint density at radius 1 is 1.60 bits per heavy atom. The van der Waals surface area contributed by atoms with Crippen molar-refractivity contribution in [2.75, 3.05) is 13.2 Å². The molecule has 0 saturated carbocycles. The zero-order valence-corrected chi connectivity index (χ0v) is 7.75. The van der Waals surface area contributed by atoms with Crippen LogP contribution in [0.2, 0.25) is 0 Å². The summed E-state index contributed by atoms with van der Waals surface area (Å²) in [4.78, 5) is 10.1. The summed E-state index contributed by atoms with van der Waals surface area (Å²) in [6.07, 6.45) is -0.459. The molecule has 80 valence electrons. The first kappa shape index (κ1) is 9.72. The van der Waals surface area contributed by atoms with Crippen molar-refractivity contribution in [1.29, 1.82) is 0 Å². The summed E-state index contributed by atoms with van der Waals surface area (Å²) in [6, 6.07) is 4.44. The Hall–Kier alpha value is -1.82. The number of hydrogen-bond acceptors (Lipinski definition) is 5. The second-order valence-corrected chi connectivity index (χ2v) is 3.09. The van der Waals surface area contributed by atoms with E-state index in [2.05, 4.69) is 0 Å². The molecule has 2 rings (SSSR count). The van der Waals surface area contributed by atoms with Gasteiger partial charge in [0.05, 0.1) is 11.5 Å². The van der Waals surface area contributed by atoms with Crippen LogP contribution in [0, 0.1) is 10.1 Å². The fraction of sp³-hybridized carbons (Fsp3) is 0.333. The molecule has 0 aromatic heterocycles. The molecular weight excluding hydrogens is 202 g/mol. The van der Waals surface area contributed by atoms with Gasteiger partial charge in [0.1, 0.15) is 6.61 Å². The monoisotopic (exact) mass is 211 g/mol. The lowest BCUT2D eigenvalue weighted by Crippen LogP contribution is -2.32. The van der Waals surface area contributed by atoms with Crippen LogP contribution in [-0.2, 0) is 0 Å². The second kappa shape index (κ2) is 3.74. The average Bonchev–Trinajstić information content (AvgIpc) is 2.27. The van der Waals surface area contributed by atoms with Crippen molar-refractivity contribution in [1.82, 2.24) is 0 Å². The Morgan fingerprint density at radius 2 is 2.40 bits per heavy atom. The molecule has 0 spiro atoms. The third-order valence-corrected chi connectivity index (χ3v) is 2.07. The first-order chi connectivity index (χ1) is 7.22. The SMILES string of the molecule is O=[N+]([O-])c1cccc2c1OC[C@@H](CO)O2. The molecule has 0 saturated heterocycles. The number of nitrogens with zero attached hydrogens (tertiary/aromatic N) is 1. The number of nitro groups is 1. The lowest BCUT2D eigenvalue weighted by Gasteiger charge is -2.24. The van der Waals surface area contributed by atoms with Gasteiger partial charge in [0.2, 0.25) is 5.75 Å². The van der Waals surface area contributed by atoms with Gasteiger partial charge in [-0.05, 0) is 6.07 Å². The topological polar surface area (TPSA) is 81.8 Å². The number of aliphatic hydroxyl groups excluding tert-OH is 1. The lowest BCUT2D eigenvalue weighted by molar-refractivity contribution is -0.386. The summed E-state index contributed by atoms with van der Waals surface area (Å²) >= 11 is 0.